The van der Waals surface area contributed by atoms with E-state index in [9.17, 15) is 4.79 Å². The second-order valence-electron chi connectivity index (χ2n) is 4.08. The van der Waals surface area contributed by atoms with E-state index in [1.807, 2.05) is 24.3 Å². The van der Waals surface area contributed by atoms with Crippen LogP contribution in [0.15, 0.2) is 24.3 Å². The molecule has 92 valence electrons. The molecule has 1 aromatic rings. The molecule has 3 nitrogen and oxygen atoms in total. The summed E-state index contributed by atoms with van der Waals surface area (Å²) in [5, 5.41) is 2.81. The van der Waals surface area contributed by atoms with Gasteiger partial charge in [-0.25, -0.2) is 0 Å². The molecule has 1 amide bonds. The third kappa shape index (κ3) is 3.05. The predicted molar refractivity (Wildman–Crippen MR) is 67.4 cm³/mol. The van der Waals surface area contributed by atoms with Gasteiger partial charge in [-0.05, 0) is 24.1 Å². The van der Waals surface area contributed by atoms with Crippen LogP contribution in [-0.2, 0) is 11.3 Å². The van der Waals surface area contributed by atoms with Crippen molar-refractivity contribution in [1.82, 2.24) is 5.32 Å². The second-order valence-corrected chi connectivity index (χ2v) is 5.63. The molecule has 0 aliphatic heterocycles. The Morgan fingerprint density at radius 1 is 1.47 bits per heavy atom. The number of methoxy groups -OCH3 is 1. The maximum atomic E-state index is 11.6. The number of nitrogens with one attached hydrogen (secondary N) is 1. The minimum absolute atomic E-state index is 0.0918. The van der Waals surface area contributed by atoms with Crippen molar-refractivity contribution >= 4 is 29.1 Å². The molecule has 0 heterocycles. The van der Waals surface area contributed by atoms with Gasteiger partial charge in [0.1, 0.15) is 10.1 Å². The van der Waals surface area contributed by atoms with Gasteiger partial charge in [0, 0.05) is 6.54 Å². The fraction of sp³-hybridized carbons (Fsp3) is 0.417. The largest absolute Gasteiger partial charge is 0.497 e. The van der Waals surface area contributed by atoms with E-state index < -0.39 is 4.33 Å². The first kappa shape index (κ1) is 12.5. The molecular formula is C12H13Cl2NO2. The van der Waals surface area contributed by atoms with Gasteiger partial charge in [-0.3, -0.25) is 4.79 Å². The van der Waals surface area contributed by atoms with Crippen molar-refractivity contribution in [2.75, 3.05) is 7.11 Å². The summed E-state index contributed by atoms with van der Waals surface area (Å²) in [6.07, 6.45) is 0.532. The molecule has 5 heteroatoms. The van der Waals surface area contributed by atoms with Crippen molar-refractivity contribution in [3.63, 3.8) is 0 Å². The molecule has 2 rings (SSSR count). The van der Waals surface area contributed by atoms with Crippen molar-refractivity contribution < 1.29 is 9.53 Å². The minimum atomic E-state index is -0.857. The molecule has 1 aromatic carbocycles. The molecule has 1 N–H and O–H groups in total. The molecule has 0 radical (unpaired) electrons. The van der Waals surface area contributed by atoms with E-state index in [-0.39, 0.29) is 11.8 Å². The van der Waals surface area contributed by atoms with Crippen LogP contribution >= 0.6 is 23.2 Å². The van der Waals surface area contributed by atoms with Crippen molar-refractivity contribution in [3.8, 4) is 5.75 Å². The first-order chi connectivity index (χ1) is 8.03. The van der Waals surface area contributed by atoms with E-state index in [0.717, 1.165) is 11.3 Å². The molecule has 1 aliphatic carbocycles. The topological polar surface area (TPSA) is 38.3 Å². The third-order valence-corrected chi connectivity index (χ3v) is 3.60. The summed E-state index contributed by atoms with van der Waals surface area (Å²) in [4.78, 5) is 11.6. The lowest BCUT2D eigenvalue weighted by Gasteiger charge is -2.06. The normalized spacial score (nSPS) is 20.8. The van der Waals surface area contributed by atoms with Gasteiger partial charge in [0.25, 0.3) is 0 Å². The van der Waals surface area contributed by atoms with E-state index >= 15 is 0 Å². The Balaban J connectivity index is 1.83. The number of amides is 1. The quantitative estimate of drug-likeness (QED) is 0.857. The Labute approximate surface area is 110 Å². The molecule has 0 unspecified atom stereocenters. The van der Waals surface area contributed by atoms with Gasteiger partial charge in [0.05, 0.1) is 13.0 Å². The SMILES string of the molecule is COc1ccc(CNC(=O)[C@H]2CC2(Cl)Cl)cc1. The van der Waals surface area contributed by atoms with E-state index in [0.29, 0.717) is 13.0 Å². The van der Waals surface area contributed by atoms with Gasteiger partial charge in [-0.15, -0.1) is 23.2 Å². The number of carbonyl (C=O) groups excluding carboxylic acids is 1. The van der Waals surface area contributed by atoms with Gasteiger partial charge in [0.2, 0.25) is 5.91 Å². The van der Waals surface area contributed by atoms with Crippen LogP contribution in [0.1, 0.15) is 12.0 Å². The molecular weight excluding hydrogens is 261 g/mol. The minimum Gasteiger partial charge on any atom is -0.497 e. The number of benzene rings is 1. The van der Waals surface area contributed by atoms with E-state index in [2.05, 4.69) is 5.32 Å². The lowest BCUT2D eigenvalue weighted by atomic mass is 10.2. The first-order valence-electron chi connectivity index (χ1n) is 5.31. The lowest BCUT2D eigenvalue weighted by molar-refractivity contribution is -0.122. The first-order valence-corrected chi connectivity index (χ1v) is 6.07. The highest BCUT2D eigenvalue weighted by molar-refractivity contribution is 6.52. The summed E-state index contributed by atoms with van der Waals surface area (Å²) in [5.74, 6) is 0.428. The highest BCUT2D eigenvalue weighted by Gasteiger charge is 2.56. The van der Waals surface area contributed by atoms with Crippen molar-refractivity contribution in [3.05, 3.63) is 29.8 Å². The number of hydrogen-bond donors (Lipinski definition) is 1. The number of rotatable bonds is 4. The summed E-state index contributed by atoms with van der Waals surface area (Å²) in [7, 11) is 1.62. The monoisotopic (exact) mass is 273 g/mol. The molecule has 1 saturated carbocycles. The third-order valence-electron chi connectivity index (χ3n) is 2.77. The van der Waals surface area contributed by atoms with Crippen LogP contribution < -0.4 is 10.1 Å². The van der Waals surface area contributed by atoms with Gasteiger partial charge >= 0.3 is 0 Å². The Bertz CT molecular complexity index is 417. The summed E-state index contributed by atoms with van der Waals surface area (Å²) in [5.41, 5.74) is 1.01. The zero-order chi connectivity index (χ0) is 12.5. The maximum Gasteiger partial charge on any atom is 0.226 e. The second kappa shape index (κ2) is 4.75. The molecule has 0 spiro atoms. The molecule has 0 saturated heterocycles. The molecule has 0 aromatic heterocycles. The summed E-state index contributed by atoms with van der Waals surface area (Å²) >= 11 is 11.6. The predicted octanol–water partition coefficient (Wildman–Crippen LogP) is 2.51. The van der Waals surface area contributed by atoms with Crippen LogP contribution in [0, 0.1) is 5.92 Å². The lowest BCUT2D eigenvalue weighted by Crippen LogP contribution is -2.26. The molecule has 1 aliphatic rings. The number of ether oxygens (including phenoxy) is 1. The van der Waals surface area contributed by atoms with Crippen molar-refractivity contribution in [1.29, 1.82) is 0 Å². The van der Waals surface area contributed by atoms with Crippen LogP contribution in [0.25, 0.3) is 0 Å². The number of halogens is 2. The highest BCUT2D eigenvalue weighted by Crippen LogP contribution is 2.53. The fourth-order valence-corrected chi connectivity index (χ4v) is 2.06. The summed E-state index contributed by atoms with van der Waals surface area (Å²) in [6, 6.07) is 7.51. The Hall–Kier alpha value is -0.930. The average Bonchev–Trinajstić information content (AvgIpc) is 2.96. The zero-order valence-corrected chi connectivity index (χ0v) is 10.9. The highest BCUT2D eigenvalue weighted by atomic mass is 35.5. The Morgan fingerprint density at radius 2 is 2.06 bits per heavy atom. The van der Waals surface area contributed by atoms with Crippen molar-refractivity contribution in [2.45, 2.75) is 17.3 Å². The maximum absolute atomic E-state index is 11.6. The average molecular weight is 274 g/mol. The number of hydrogen-bond acceptors (Lipinski definition) is 2. The molecule has 17 heavy (non-hydrogen) atoms. The Morgan fingerprint density at radius 3 is 2.53 bits per heavy atom. The summed E-state index contributed by atoms with van der Waals surface area (Å²) in [6.45, 7) is 0.475. The number of carbonyl (C=O) groups is 1. The van der Waals surface area contributed by atoms with Crippen LogP contribution in [0.3, 0.4) is 0 Å². The van der Waals surface area contributed by atoms with E-state index in [1.54, 1.807) is 7.11 Å². The van der Waals surface area contributed by atoms with Crippen LogP contribution in [0.4, 0.5) is 0 Å². The van der Waals surface area contributed by atoms with Crippen molar-refractivity contribution in [2.24, 2.45) is 5.92 Å². The smallest absolute Gasteiger partial charge is 0.226 e. The van der Waals surface area contributed by atoms with Gasteiger partial charge < -0.3 is 10.1 Å². The Kier molecular flexibility index (Phi) is 3.50. The van der Waals surface area contributed by atoms with Crippen LogP contribution in [0.2, 0.25) is 0 Å². The van der Waals surface area contributed by atoms with Crippen LogP contribution in [-0.4, -0.2) is 17.4 Å². The molecule has 0 bridgehead atoms. The number of alkyl halides is 2. The van der Waals surface area contributed by atoms with Gasteiger partial charge in [-0.1, -0.05) is 12.1 Å². The van der Waals surface area contributed by atoms with Crippen LogP contribution in [0.5, 0.6) is 5.75 Å². The van der Waals surface area contributed by atoms with Gasteiger partial charge in [-0.2, -0.15) is 0 Å². The van der Waals surface area contributed by atoms with E-state index in [4.69, 9.17) is 27.9 Å². The molecule has 1 atom stereocenters. The van der Waals surface area contributed by atoms with E-state index in [1.165, 1.54) is 0 Å². The standard InChI is InChI=1S/C12H13Cl2NO2/c1-17-9-4-2-8(3-5-9)7-15-11(16)10-6-12(10,13)14/h2-5,10H,6-7H2,1H3,(H,15,16)/t10-/m1/s1. The van der Waals surface area contributed by atoms with Gasteiger partial charge in [0.15, 0.2) is 0 Å². The zero-order valence-electron chi connectivity index (χ0n) is 9.37. The summed E-state index contributed by atoms with van der Waals surface area (Å²) < 4.78 is 4.19. The molecule has 1 fully saturated rings. The fourth-order valence-electron chi connectivity index (χ4n) is 1.55.